The van der Waals surface area contributed by atoms with Crippen LogP contribution in [0.3, 0.4) is 0 Å². The Morgan fingerprint density at radius 1 is 0.609 bits per heavy atom. The van der Waals surface area contributed by atoms with Gasteiger partial charge in [-0.25, -0.2) is 0 Å². The molecule has 23 heavy (non-hydrogen) atoms. The minimum atomic E-state index is -2.43. The second-order valence-corrected chi connectivity index (χ2v) is 4.51. The number of carbonyl (C=O) groups excluding carboxylic acids is 4. The number of carbonyl (C=O) groups is 4. The van der Waals surface area contributed by atoms with Crippen molar-refractivity contribution < 1.29 is 116 Å². The number of carboxylic acids is 4. The van der Waals surface area contributed by atoms with Crippen molar-refractivity contribution in [2.24, 2.45) is 11.5 Å². The normalized spacial score (nSPS) is 10.3. The van der Waals surface area contributed by atoms with E-state index in [9.17, 15) is 39.6 Å². The van der Waals surface area contributed by atoms with Crippen LogP contribution in [0.4, 0.5) is 0 Å². The molecule has 1 radical (unpaired) electrons. The molecule has 0 saturated heterocycles. The Balaban J connectivity index is -0.000000602. The van der Waals surface area contributed by atoms with Crippen molar-refractivity contribution in [3.05, 3.63) is 0 Å². The average Bonchev–Trinajstić information content (AvgIpc) is 2.10. The molecule has 0 aliphatic heterocycles. The van der Waals surface area contributed by atoms with Crippen LogP contribution in [0.15, 0.2) is 0 Å². The first-order chi connectivity index (χ1) is 8.92. The number of rotatable bonds is 9. The molecular weight excluding hydrogens is 386 g/mol. The van der Waals surface area contributed by atoms with Crippen molar-refractivity contribution in [2.45, 2.75) is 36.8 Å². The minimum Gasteiger partial charge on any atom is -0.550 e. The van der Waals surface area contributed by atoms with E-state index in [1.165, 1.54) is 0 Å². The zero-order valence-electron chi connectivity index (χ0n) is 12.6. The molecule has 0 rings (SSSR count). The molecule has 0 aliphatic carbocycles. The SMILES string of the molecule is NC(CC(=O)[O-])(CC(=O)[O-])C(N)(CC(=O)[O-])CC(=O)[O-].[Cu+2].[Na+].[Na+]. The van der Waals surface area contributed by atoms with Crippen molar-refractivity contribution in [3.8, 4) is 0 Å². The first-order valence-electron chi connectivity index (χ1n) is 5.29. The Morgan fingerprint density at radius 2 is 0.739 bits per heavy atom. The monoisotopic (exact) mass is 397 g/mol. The molecule has 0 fully saturated rings. The van der Waals surface area contributed by atoms with Crippen LogP contribution in [0.25, 0.3) is 0 Å². The van der Waals surface area contributed by atoms with Crippen molar-refractivity contribution in [1.82, 2.24) is 0 Å². The summed E-state index contributed by atoms with van der Waals surface area (Å²) in [7, 11) is 0. The van der Waals surface area contributed by atoms with Gasteiger partial charge in [-0.3, -0.25) is 0 Å². The summed E-state index contributed by atoms with van der Waals surface area (Å²) < 4.78 is 0. The van der Waals surface area contributed by atoms with Crippen LogP contribution in [0.1, 0.15) is 25.7 Å². The summed E-state index contributed by atoms with van der Waals surface area (Å²) in [5, 5.41) is 42.5. The molecule has 13 heteroatoms. The van der Waals surface area contributed by atoms with E-state index in [2.05, 4.69) is 0 Å². The zero-order valence-corrected chi connectivity index (χ0v) is 17.5. The minimum absolute atomic E-state index is 0. The third kappa shape index (κ3) is 10.7. The van der Waals surface area contributed by atoms with Crippen LogP contribution in [0.2, 0.25) is 0 Å². The standard InChI is InChI=1S/C10H16N2O8.Cu.2Na/c11-9(1-5(13)14,2-6(15)16)10(12,3-7(17)18)4-8(19)20;;;/h1-4,11-12H2,(H,13,14)(H,15,16)(H,17,18)(H,19,20);;;/q;+2;2*+1/p-4. The fourth-order valence-electron chi connectivity index (χ4n) is 1.86. The summed E-state index contributed by atoms with van der Waals surface area (Å²) in [6.07, 6.45) is -4.73. The van der Waals surface area contributed by atoms with Gasteiger partial charge in [0.1, 0.15) is 0 Å². The molecule has 0 unspecified atom stereocenters. The Labute approximate surface area is 186 Å². The Kier molecular flexibility index (Phi) is 17.1. The molecule has 0 amide bonds. The molecule has 10 nitrogen and oxygen atoms in total. The van der Waals surface area contributed by atoms with Gasteiger partial charge in [0.15, 0.2) is 0 Å². The van der Waals surface area contributed by atoms with E-state index in [0.29, 0.717) is 0 Å². The fourth-order valence-corrected chi connectivity index (χ4v) is 1.86. The Morgan fingerprint density at radius 3 is 0.826 bits per heavy atom. The van der Waals surface area contributed by atoms with E-state index in [0.717, 1.165) is 0 Å². The van der Waals surface area contributed by atoms with E-state index < -0.39 is 60.6 Å². The number of hydrogen-bond acceptors (Lipinski definition) is 10. The molecule has 0 atom stereocenters. The van der Waals surface area contributed by atoms with Crippen molar-refractivity contribution in [3.63, 3.8) is 0 Å². The third-order valence-electron chi connectivity index (χ3n) is 2.83. The smallest absolute Gasteiger partial charge is 0.550 e. The van der Waals surface area contributed by atoms with Crippen LogP contribution < -0.4 is 91.0 Å². The second-order valence-electron chi connectivity index (χ2n) is 4.51. The molecule has 0 heterocycles. The molecular formula is C10H12CuN2Na2O8. The Hall–Kier alpha value is 0.319. The fraction of sp³-hybridized carbons (Fsp3) is 0.600. The van der Waals surface area contributed by atoms with Crippen LogP contribution in [-0.2, 0) is 36.2 Å². The summed E-state index contributed by atoms with van der Waals surface area (Å²) in [5.74, 6) is -7.33. The predicted octanol–water partition coefficient (Wildman–Crippen LogP) is -13.1. The second kappa shape index (κ2) is 12.6. The molecule has 123 valence electrons. The molecule has 0 aliphatic rings. The summed E-state index contributed by atoms with van der Waals surface area (Å²) in [4.78, 5) is 42.5. The van der Waals surface area contributed by atoms with Gasteiger partial charge in [-0.1, -0.05) is 0 Å². The van der Waals surface area contributed by atoms with Gasteiger partial charge in [0, 0.05) is 60.6 Å². The summed E-state index contributed by atoms with van der Waals surface area (Å²) >= 11 is 0. The van der Waals surface area contributed by atoms with Gasteiger partial charge >= 0.3 is 76.2 Å². The third-order valence-corrected chi connectivity index (χ3v) is 2.83. The van der Waals surface area contributed by atoms with Crippen molar-refractivity contribution in [2.75, 3.05) is 0 Å². The molecule has 0 aromatic heterocycles. The molecule has 0 saturated carbocycles. The van der Waals surface area contributed by atoms with E-state index in [-0.39, 0.29) is 76.2 Å². The first kappa shape index (κ1) is 31.1. The Bertz CT molecular complexity index is 377. The summed E-state index contributed by atoms with van der Waals surface area (Å²) in [5.41, 5.74) is 6.20. The maximum atomic E-state index is 10.6. The number of aliphatic carboxylic acids is 4. The van der Waals surface area contributed by atoms with Gasteiger partial charge < -0.3 is 51.1 Å². The van der Waals surface area contributed by atoms with Crippen LogP contribution in [0.5, 0.6) is 0 Å². The molecule has 4 N–H and O–H groups in total. The molecule has 0 aromatic carbocycles. The van der Waals surface area contributed by atoms with E-state index >= 15 is 0 Å². The average molecular weight is 398 g/mol. The first-order valence-corrected chi connectivity index (χ1v) is 5.29. The van der Waals surface area contributed by atoms with Gasteiger partial charge in [-0.2, -0.15) is 0 Å². The maximum absolute atomic E-state index is 10.6. The molecule has 0 aromatic rings. The van der Waals surface area contributed by atoms with Crippen molar-refractivity contribution >= 4 is 23.9 Å². The molecule has 0 bridgehead atoms. The number of nitrogens with two attached hydrogens (primary N) is 2. The maximum Gasteiger partial charge on any atom is 2.00 e. The zero-order chi connectivity index (χ0) is 16.1. The summed E-state index contributed by atoms with van der Waals surface area (Å²) in [6, 6.07) is 0. The van der Waals surface area contributed by atoms with Gasteiger partial charge in [-0.15, -0.1) is 0 Å². The summed E-state index contributed by atoms with van der Waals surface area (Å²) in [6.45, 7) is 0. The van der Waals surface area contributed by atoms with Gasteiger partial charge in [0.2, 0.25) is 0 Å². The van der Waals surface area contributed by atoms with Crippen molar-refractivity contribution in [1.29, 1.82) is 0 Å². The predicted molar refractivity (Wildman–Crippen MR) is 52.3 cm³/mol. The topological polar surface area (TPSA) is 213 Å². The van der Waals surface area contributed by atoms with E-state index in [1.54, 1.807) is 0 Å². The van der Waals surface area contributed by atoms with Crippen LogP contribution in [-0.4, -0.2) is 35.0 Å². The van der Waals surface area contributed by atoms with Gasteiger partial charge in [0.05, 0.1) is 0 Å². The van der Waals surface area contributed by atoms with Crippen LogP contribution >= 0.6 is 0 Å². The number of carboxylic acid groups (broad SMARTS) is 4. The number of hydrogen-bond donors (Lipinski definition) is 2. The van der Waals surface area contributed by atoms with E-state index in [1.807, 2.05) is 0 Å². The van der Waals surface area contributed by atoms with Gasteiger partial charge in [0.25, 0.3) is 0 Å². The van der Waals surface area contributed by atoms with Crippen LogP contribution in [0, 0.1) is 0 Å². The van der Waals surface area contributed by atoms with Gasteiger partial charge in [-0.05, 0) is 0 Å². The molecule has 0 spiro atoms. The largest absolute Gasteiger partial charge is 2.00 e. The van der Waals surface area contributed by atoms with E-state index in [4.69, 9.17) is 11.5 Å². The quantitative estimate of drug-likeness (QED) is 0.350.